The Morgan fingerprint density at radius 1 is 1.36 bits per heavy atom. The van der Waals surface area contributed by atoms with Crippen molar-refractivity contribution in [3.05, 3.63) is 29.8 Å². The summed E-state index contributed by atoms with van der Waals surface area (Å²) in [6.07, 6.45) is -1.29. The highest BCUT2D eigenvalue weighted by Gasteiger charge is 2.16. The van der Waals surface area contributed by atoms with Crippen LogP contribution in [0.1, 0.15) is 11.7 Å². The third-order valence-electron chi connectivity index (χ3n) is 1.63. The Hall–Kier alpha value is -1.59. The molecule has 0 heterocycles. The molecule has 0 fully saturated rings. The normalized spacial score (nSPS) is 11.3. The van der Waals surface area contributed by atoms with E-state index in [2.05, 4.69) is 4.74 Å². The van der Waals surface area contributed by atoms with Gasteiger partial charge in [0.05, 0.1) is 7.11 Å². The molecule has 5 heteroatoms. The fourth-order valence-electron chi connectivity index (χ4n) is 0.904. The third-order valence-corrected chi connectivity index (χ3v) is 1.63. The van der Waals surface area contributed by atoms with Gasteiger partial charge in [-0.3, -0.25) is 0 Å². The SMILES string of the molecule is COC(=O)[C@H](O)c1ccc(O)cc1.N. The van der Waals surface area contributed by atoms with Crippen molar-refractivity contribution in [1.29, 1.82) is 0 Å². The number of esters is 1. The number of phenolic OH excluding ortho intramolecular Hbond substituents is 1. The monoisotopic (exact) mass is 199 g/mol. The van der Waals surface area contributed by atoms with Crippen molar-refractivity contribution in [2.24, 2.45) is 0 Å². The lowest BCUT2D eigenvalue weighted by molar-refractivity contribution is -0.150. The minimum atomic E-state index is -1.29. The summed E-state index contributed by atoms with van der Waals surface area (Å²) in [6.45, 7) is 0. The van der Waals surface area contributed by atoms with Crippen molar-refractivity contribution in [2.45, 2.75) is 6.10 Å². The fraction of sp³-hybridized carbons (Fsp3) is 0.222. The van der Waals surface area contributed by atoms with Gasteiger partial charge in [-0.05, 0) is 17.7 Å². The van der Waals surface area contributed by atoms with Crippen LogP contribution in [-0.4, -0.2) is 23.3 Å². The van der Waals surface area contributed by atoms with Crippen LogP contribution in [-0.2, 0) is 9.53 Å². The van der Waals surface area contributed by atoms with Crippen LogP contribution in [0.3, 0.4) is 0 Å². The molecule has 14 heavy (non-hydrogen) atoms. The van der Waals surface area contributed by atoms with E-state index >= 15 is 0 Å². The quantitative estimate of drug-likeness (QED) is 0.610. The number of carbonyl (C=O) groups is 1. The van der Waals surface area contributed by atoms with Crippen LogP contribution in [0.4, 0.5) is 0 Å². The maximum atomic E-state index is 10.9. The number of benzene rings is 1. The minimum Gasteiger partial charge on any atom is -0.508 e. The molecule has 78 valence electrons. The van der Waals surface area contributed by atoms with E-state index in [1.54, 1.807) is 0 Å². The summed E-state index contributed by atoms with van der Waals surface area (Å²) in [7, 11) is 1.20. The molecular formula is C9H13NO4. The number of rotatable bonds is 2. The summed E-state index contributed by atoms with van der Waals surface area (Å²) < 4.78 is 4.35. The highest BCUT2D eigenvalue weighted by molar-refractivity contribution is 5.76. The molecule has 5 nitrogen and oxygen atoms in total. The van der Waals surface area contributed by atoms with E-state index in [-0.39, 0.29) is 11.9 Å². The highest BCUT2D eigenvalue weighted by atomic mass is 16.5. The lowest BCUT2D eigenvalue weighted by Gasteiger charge is -2.07. The number of ether oxygens (including phenoxy) is 1. The van der Waals surface area contributed by atoms with Gasteiger partial charge in [-0.1, -0.05) is 12.1 Å². The lowest BCUT2D eigenvalue weighted by Crippen LogP contribution is -2.13. The summed E-state index contributed by atoms with van der Waals surface area (Å²) in [4.78, 5) is 10.9. The van der Waals surface area contributed by atoms with Crippen molar-refractivity contribution >= 4 is 5.97 Å². The van der Waals surface area contributed by atoms with E-state index in [4.69, 9.17) is 5.11 Å². The van der Waals surface area contributed by atoms with Crippen LogP contribution in [0.2, 0.25) is 0 Å². The molecule has 1 atom stereocenters. The number of aliphatic hydroxyl groups is 1. The van der Waals surface area contributed by atoms with Crippen LogP contribution in [0.15, 0.2) is 24.3 Å². The second-order valence-corrected chi connectivity index (χ2v) is 2.52. The van der Waals surface area contributed by atoms with Gasteiger partial charge >= 0.3 is 5.97 Å². The van der Waals surface area contributed by atoms with E-state index < -0.39 is 12.1 Å². The first-order chi connectivity index (χ1) is 6.15. The number of aliphatic hydroxyl groups excluding tert-OH is 1. The number of carbonyl (C=O) groups excluding carboxylic acids is 1. The first-order valence-corrected chi connectivity index (χ1v) is 3.70. The Morgan fingerprint density at radius 3 is 2.29 bits per heavy atom. The first-order valence-electron chi connectivity index (χ1n) is 3.70. The van der Waals surface area contributed by atoms with Gasteiger partial charge < -0.3 is 21.1 Å². The van der Waals surface area contributed by atoms with Gasteiger partial charge in [0.2, 0.25) is 0 Å². The molecule has 0 saturated heterocycles. The molecule has 0 bridgehead atoms. The Kier molecular flexibility index (Phi) is 4.62. The fourth-order valence-corrected chi connectivity index (χ4v) is 0.904. The molecule has 1 aromatic carbocycles. The van der Waals surface area contributed by atoms with Crippen LogP contribution in [0.5, 0.6) is 5.75 Å². The van der Waals surface area contributed by atoms with Crippen LogP contribution >= 0.6 is 0 Å². The zero-order valence-electron chi connectivity index (χ0n) is 7.80. The first kappa shape index (κ1) is 12.4. The molecule has 0 spiro atoms. The van der Waals surface area contributed by atoms with Crippen molar-refractivity contribution in [3.63, 3.8) is 0 Å². The van der Waals surface area contributed by atoms with E-state index in [0.29, 0.717) is 5.56 Å². The summed E-state index contributed by atoms with van der Waals surface area (Å²) >= 11 is 0. The van der Waals surface area contributed by atoms with Gasteiger partial charge in [0.15, 0.2) is 6.10 Å². The molecule has 0 amide bonds. The zero-order valence-corrected chi connectivity index (χ0v) is 7.80. The second-order valence-electron chi connectivity index (χ2n) is 2.52. The predicted molar refractivity (Wildman–Crippen MR) is 50.1 cm³/mol. The second kappa shape index (κ2) is 5.21. The molecule has 0 unspecified atom stereocenters. The van der Waals surface area contributed by atoms with E-state index in [0.717, 1.165) is 0 Å². The smallest absolute Gasteiger partial charge is 0.339 e. The average molecular weight is 199 g/mol. The van der Waals surface area contributed by atoms with Crippen LogP contribution in [0.25, 0.3) is 0 Å². The molecule has 0 aromatic heterocycles. The van der Waals surface area contributed by atoms with Gasteiger partial charge in [-0.25, -0.2) is 4.79 Å². The number of aromatic hydroxyl groups is 1. The predicted octanol–water partition coefficient (Wildman–Crippen LogP) is 0.761. The maximum absolute atomic E-state index is 10.9. The topological polar surface area (TPSA) is 102 Å². The van der Waals surface area contributed by atoms with Crippen LogP contribution < -0.4 is 6.15 Å². The van der Waals surface area contributed by atoms with Crippen molar-refractivity contribution in [3.8, 4) is 5.75 Å². The third kappa shape index (κ3) is 2.72. The van der Waals surface area contributed by atoms with Crippen molar-refractivity contribution < 1.29 is 19.7 Å². The lowest BCUT2D eigenvalue weighted by atomic mass is 10.1. The molecule has 0 aliphatic carbocycles. The van der Waals surface area contributed by atoms with Gasteiger partial charge in [-0.15, -0.1) is 0 Å². The molecule has 1 aromatic rings. The summed E-state index contributed by atoms with van der Waals surface area (Å²) in [5.74, 6) is -0.633. The maximum Gasteiger partial charge on any atom is 0.339 e. The zero-order chi connectivity index (χ0) is 9.84. The average Bonchev–Trinajstić information content (AvgIpc) is 2.17. The number of methoxy groups -OCH3 is 1. The largest absolute Gasteiger partial charge is 0.508 e. The van der Waals surface area contributed by atoms with Crippen LogP contribution in [0, 0.1) is 0 Å². The van der Waals surface area contributed by atoms with Gasteiger partial charge in [-0.2, -0.15) is 0 Å². The van der Waals surface area contributed by atoms with Gasteiger partial charge in [0.1, 0.15) is 5.75 Å². The molecule has 1 rings (SSSR count). The standard InChI is InChI=1S/C9H10O4.H3N/c1-13-9(12)8(11)6-2-4-7(10)5-3-6;/h2-5,8,10-11H,1H3;1H3/t8-;/m1./s1. The summed E-state index contributed by atoms with van der Waals surface area (Å²) in [6, 6.07) is 5.69. The molecule has 0 aliphatic heterocycles. The Bertz CT molecular complexity index is 296. The molecular weight excluding hydrogens is 186 g/mol. The number of phenols is 1. The van der Waals surface area contributed by atoms with Gasteiger partial charge in [0, 0.05) is 0 Å². The summed E-state index contributed by atoms with van der Waals surface area (Å²) in [5, 5.41) is 18.3. The molecule has 0 saturated carbocycles. The van der Waals surface area contributed by atoms with E-state index in [1.165, 1.54) is 31.4 Å². The Labute approximate surface area is 81.5 Å². The molecule has 0 radical (unpaired) electrons. The Balaban J connectivity index is 0.00000169. The Morgan fingerprint density at radius 2 is 1.86 bits per heavy atom. The summed E-state index contributed by atoms with van der Waals surface area (Å²) in [5.41, 5.74) is 0.393. The minimum absolute atomic E-state index is 0. The van der Waals surface area contributed by atoms with Crippen molar-refractivity contribution in [1.82, 2.24) is 6.15 Å². The molecule has 5 N–H and O–H groups in total. The van der Waals surface area contributed by atoms with Gasteiger partial charge in [0.25, 0.3) is 0 Å². The number of hydrogen-bond acceptors (Lipinski definition) is 5. The highest BCUT2D eigenvalue weighted by Crippen LogP contribution is 2.17. The van der Waals surface area contributed by atoms with Crippen molar-refractivity contribution in [2.75, 3.05) is 7.11 Å². The van der Waals surface area contributed by atoms with E-state index in [9.17, 15) is 9.90 Å². The van der Waals surface area contributed by atoms with E-state index in [1.807, 2.05) is 0 Å². The molecule has 0 aliphatic rings. The number of hydrogen-bond donors (Lipinski definition) is 3.